The summed E-state index contributed by atoms with van der Waals surface area (Å²) in [5, 5.41) is 0. The smallest absolute Gasteiger partial charge is 0.145 e. The van der Waals surface area contributed by atoms with Crippen LogP contribution in [0.1, 0.15) is 19.4 Å². The molecule has 0 spiro atoms. The molecule has 0 aliphatic heterocycles. The number of aromatic nitrogens is 1. The van der Waals surface area contributed by atoms with Crippen LogP contribution in [-0.4, -0.2) is 4.98 Å². The number of pyridine rings is 1. The lowest BCUT2D eigenvalue weighted by Gasteiger charge is -2.08. The molecule has 1 aromatic heterocycles. The minimum absolute atomic E-state index is 0.628. The average molecular weight is 227 g/mol. The number of para-hydroxylation sites is 1. The third-order valence-electron chi connectivity index (χ3n) is 2.39. The van der Waals surface area contributed by atoms with Crippen molar-refractivity contribution in [1.29, 1.82) is 0 Å². The Morgan fingerprint density at radius 1 is 1.06 bits per heavy atom. The minimum Gasteiger partial charge on any atom is -0.456 e. The summed E-state index contributed by atoms with van der Waals surface area (Å²) in [6.45, 7) is 4.40. The standard InChI is InChI=1S/C15H17NO/c1-12(2)8-13-9-15(11-16-10-13)17-14-6-4-3-5-7-14/h3-7,9-12H,8H2,1-2H3. The largest absolute Gasteiger partial charge is 0.456 e. The second kappa shape index (κ2) is 5.48. The fraction of sp³-hybridized carbons (Fsp3) is 0.267. The van der Waals surface area contributed by atoms with Gasteiger partial charge in [0.05, 0.1) is 6.20 Å². The predicted molar refractivity (Wildman–Crippen MR) is 69.3 cm³/mol. The van der Waals surface area contributed by atoms with Gasteiger partial charge in [0.25, 0.3) is 0 Å². The lowest BCUT2D eigenvalue weighted by molar-refractivity contribution is 0.478. The van der Waals surface area contributed by atoms with Gasteiger partial charge in [0.15, 0.2) is 0 Å². The highest BCUT2D eigenvalue weighted by Gasteiger charge is 2.01. The van der Waals surface area contributed by atoms with E-state index in [1.165, 1.54) is 5.56 Å². The zero-order chi connectivity index (χ0) is 12.1. The van der Waals surface area contributed by atoms with E-state index >= 15 is 0 Å². The first-order valence-corrected chi connectivity index (χ1v) is 5.91. The second-order valence-electron chi connectivity index (χ2n) is 4.54. The molecule has 0 fully saturated rings. The van der Waals surface area contributed by atoms with E-state index < -0.39 is 0 Å². The Kier molecular flexibility index (Phi) is 3.76. The summed E-state index contributed by atoms with van der Waals surface area (Å²) in [7, 11) is 0. The van der Waals surface area contributed by atoms with E-state index in [0.717, 1.165) is 17.9 Å². The third-order valence-corrected chi connectivity index (χ3v) is 2.39. The van der Waals surface area contributed by atoms with Crippen molar-refractivity contribution in [2.24, 2.45) is 5.92 Å². The summed E-state index contributed by atoms with van der Waals surface area (Å²) in [6.07, 6.45) is 4.67. The van der Waals surface area contributed by atoms with Crippen LogP contribution in [0.5, 0.6) is 11.5 Å². The number of nitrogens with zero attached hydrogens (tertiary/aromatic N) is 1. The Hall–Kier alpha value is -1.83. The number of hydrogen-bond acceptors (Lipinski definition) is 2. The molecule has 2 heteroatoms. The van der Waals surface area contributed by atoms with Crippen molar-refractivity contribution < 1.29 is 4.74 Å². The van der Waals surface area contributed by atoms with Crippen molar-refractivity contribution in [3.8, 4) is 11.5 Å². The molecule has 17 heavy (non-hydrogen) atoms. The number of hydrogen-bond donors (Lipinski definition) is 0. The predicted octanol–water partition coefficient (Wildman–Crippen LogP) is 4.07. The van der Waals surface area contributed by atoms with Gasteiger partial charge in [-0.05, 0) is 36.1 Å². The lowest BCUT2D eigenvalue weighted by Crippen LogP contribution is -1.95. The summed E-state index contributed by atoms with van der Waals surface area (Å²) in [6, 6.07) is 11.8. The molecule has 0 bridgehead atoms. The third kappa shape index (κ3) is 3.59. The molecule has 0 radical (unpaired) electrons. The fourth-order valence-corrected chi connectivity index (χ4v) is 1.73. The van der Waals surface area contributed by atoms with Gasteiger partial charge in [0, 0.05) is 6.20 Å². The van der Waals surface area contributed by atoms with Crippen molar-refractivity contribution in [3.05, 3.63) is 54.4 Å². The Morgan fingerprint density at radius 3 is 2.53 bits per heavy atom. The second-order valence-corrected chi connectivity index (χ2v) is 4.54. The maximum atomic E-state index is 5.74. The highest BCUT2D eigenvalue weighted by molar-refractivity contribution is 5.31. The molecular formula is C15H17NO. The molecular weight excluding hydrogens is 210 g/mol. The van der Waals surface area contributed by atoms with Crippen LogP contribution in [0.2, 0.25) is 0 Å². The Morgan fingerprint density at radius 2 is 1.82 bits per heavy atom. The van der Waals surface area contributed by atoms with Gasteiger partial charge < -0.3 is 4.74 Å². The zero-order valence-electron chi connectivity index (χ0n) is 10.3. The number of ether oxygens (including phenoxy) is 1. The van der Waals surface area contributed by atoms with Gasteiger partial charge in [-0.25, -0.2) is 0 Å². The molecule has 2 nitrogen and oxygen atoms in total. The molecule has 0 aliphatic carbocycles. The Labute approximate surface area is 102 Å². The lowest BCUT2D eigenvalue weighted by atomic mass is 10.1. The average Bonchev–Trinajstić information content (AvgIpc) is 2.30. The van der Waals surface area contributed by atoms with Crippen molar-refractivity contribution in [2.45, 2.75) is 20.3 Å². The summed E-state index contributed by atoms with van der Waals surface area (Å²) < 4.78 is 5.74. The molecule has 0 aliphatic rings. The topological polar surface area (TPSA) is 22.1 Å². The number of benzene rings is 1. The van der Waals surface area contributed by atoms with Crippen molar-refractivity contribution in [1.82, 2.24) is 4.98 Å². The van der Waals surface area contributed by atoms with Crippen LogP contribution in [0.4, 0.5) is 0 Å². The first-order chi connectivity index (χ1) is 8.24. The van der Waals surface area contributed by atoms with Gasteiger partial charge in [-0.2, -0.15) is 0 Å². The van der Waals surface area contributed by atoms with Gasteiger partial charge in [-0.1, -0.05) is 32.0 Å². The Balaban J connectivity index is 2.11. The minimum atomic E-state index is 0.628. The highest BCUT2D eigenvalue weighted by atomic mass is 16.5. The molecule has 0 saturated carbocycles. The molecule has 0 unspecified atom stereocenters. The van der Waals surface area contributed by atoms with Gasteiger partial charge in [0.2, 0.25) is 0 Å². The van der Waals surface area contributed by atoms with E-state index in [2.05, 4.69) is 24.9 Å². The van der Waals surface area contributed by atoms with Crippen LogP contribution < -0.4 is 4.74 Å². The molecule has 1 heterocycles. The van der Waals surface area contributed by atoms with Crippen LogP contribution in [0.3, 0.4) is 0 Å². The van der Waals surface area contributed by atoms with E-state index in [-0.39, 0.29) is 0 Å². The quantitative estimate of drug-likeness (QED) is 0.785. The maximum Gasteiger partial charge on any atom is 0.145 e. The molecule has 0 amide bonds. The van der Waals surface area contributed by atoms with E-state index in [9.17, 15) is 0 Å². The molecule has 0 saturated heterocycles. The highest BCUT2D eigenvalue weighted by Crippen LogP contribution is 2.21. The molecule has 0 atom stereocenters. The zero-order valence-corrected chi connectivity index (χ0v) is 10.3. The summed E-state index contributed by atoms with van der Waals surface area (Å²) in [5.74, 6) is 2.27. The van der Waals surface area contributed by atoms with Crippen LogP contribution in [0, 0.1) is 5.92 Å². The SMILES string of the molecule is CC(C)Cc1cncc(Oc2ccccc2)c1. The van der Waals surface area contributed by atoms with E-state index in [4.69, 9.17) is 4.74 Å². The van der Waals surface area contributed by atoms with E-state index in [0.29, 0.717) is 5.92 Å². The summed E-state index contributed by atoms with van der Waals surface area (Å²) in [5.41, 5.74) is 1.22. The van der Waals surface area contributed by atoms with Crippen LogP contribution in [0.15, 0.2) is 48.8 Å². The molecule has 2 aromatic rings. The van der Waals surface area contributed by atoms with Gasteiger partial charge in [0.1, 0.15) is 11.5 Å². The van der Waals surface area contributed by atoms with Crippen LogP contribution in [0.25, 0.3) is 0 Å². The van der Waals surface area contributed by atoms with E-state index in [1.54, 1.807) is 6.20 Å². The first kappa shape index (κ1) is 11.6. The fourth-order valence-electron chi connectivity index (χ4n) is 1.73. The summed E-state index contributed by atoms with van der Waals surface area (Å²) in [4.78, 5) is 4.21. The van der Waals surface area contributed by atoms with Crippen LogP contribution in [-0.2, 0) is 6.42 Å². The normalized spacial score (nSPS) is 10.5. The Bertz CT molecular complexity index is 465. The van der Waals surface area contributed by atoms with Crippen molar-refractivity contribution in [2.75, 3.05) is 0 Å². The monoisotopic (exact) mass is 227 g/mol. The molecule has 0 N–H and O–H groups in total. The van der Waals surface area contributed by atoms with E-state index in [1.807, 2.05) is 36.5 Å². The number of rotatable bonds is 4. The van der Waals surface area contributed by atoms with Crippen molar-refractivity contribution in [3.63, 3.8) is 0 Å². The maximum absolute atomic E-state index is 5.74. The van der Waals surface area contributed by atoms with Crippen LogP contribution >= 0.6 is 0 Å². The van der Waals surface area contributed by atoms with Crippen molar-refractivity contribution >= 4 is 0 Å². The summed E-state index contributed by atoms with van der Waals surface area (Å²) >= 11 is 0. The molecule has 1 aromatic carbocycles. The molecule has 88 valence electrons. The van der Waals surface area contributed by atoms with Gasteiger partial charge in [-0.3, -0.25) is 4.98 Å². The van der Waals surface area contributed by atoms with Gasteiger partial charge >= 0.3 is 0 Å². The van der Waals surface area contributed by atoms with Gasteiger partial charge in [-0.15, -0.1) is 0 Å². The first-order valence-electron chi connectivity index (χ1n) is 5.91. The molecule has 2 rings (SSSR count).